The predicted molar refractivity (Wildman–Crippen MR) is 76.0 cm³/mol. The van der Waals surface area contributed by atoms with Crippen LogP contribution in [0, 0.1) is 5.92 Å². The largest absolute Gasteiger partial charge is 0.326 e. The zero-order chi connectivity index (χ0) is 13.8. The number of benzene rings is 1. The van der Waals surface area contributed by atoms with Crippen LogP contribution < -0.4 is 10.6 Å². The lowest BCUT2D eigenvalue weighted by molar-refractivity contribution is -0.120. The molecule has 1 saturated heterocycles. The first-order chi connectivity index (χ1) is 9.83. The fourth-order valence-electron chi connectivity index (χ4n) is 2.38. The number of anilines is 1. The Kier molecular flexibility index (Phi) is 3.73. The molecule has 1 amide bonds. The van der Waals surface area contributed by atoms with Gasteiger partial charge in [0.2, 0.25) is 5.91 Å². The van der Waals surface area contributed by atoms with Crippen molar-refractivity contribution < 1.29 is 4.79 Å². The van der Waals surface area contributed by atoms with Crippen LogP contribution in [0.3, 0.4) is 0 Å². The monoisotopic (exact) mass is 271 g/mol. The Hall–Kier alpha value is -2.21. The van der Waals surface area contributed by atoms with Gasteiger partial charge >= 0.3 is 0 Å². The summed E-state index contributed by atoms with van der Waals surface area (Å²) in [5, 5.41) is 12.8. The molecule has 2 aromatic rings. The molecule has 1 fully saturated rings. The van der Waals surface area contributed by atoms with E-state index in [1.165, 1.54) is 6.33 Å². The van der Waals surface area contributed by atoms with Gasteiger partial charge in [0.05, 0.1) is 5.92 Å². The zero-order valence-electron chi connectivity index (χ0n) is 11.1. The lowest BCUT2D eigenvalue weighted by Crippen LogP contribution is -2.37. The van der Waals surface area contributed by atoms with Gasteiger partial charge in [0.1, 0.15) is 6.33 Å². The molecule has 3 rings (SSSR count). The van der Waals surface area contributed by atoms with Crippen LogP contribution in [-0.2, 0) is 4.79 Å². The number of nitrogens with one attached hydrogen (secondary N) is 3. The van der Waals surface area contributed by atoms with Gasteiger partial charge in [-0.05, 0) is 43.7 Å². The van der Waals surface area contributed by atoms with Crippen molar-refractivity contribution in [1.82, 2.24) is 20.5 Å². The van der Waals surface area contributed by atoms with Gasteiger partial charge in [-0.15, -0.1) is 0 Å². The number of rotatable bonds is 3. The van der Waals surface area contributed by atoms with E-state index in [1.54, 1.807) is 0 Å². The molecule has 1 aromatic heterocycles. The number of piperidine rings is 1. The summed E-state index contributed by atoms with van der Waals surface area (Å²) >= 11 is 0. The molecule has 0 aliphatic carbocycles. The summed E-state index contributed by atoms with van der Waals surface area (Å²) in [5.74, 6) is 0.877. The molecule has 0 bridgehead atoms. The molecule has 1 unspecified atom stereocenters. The maximum Gasteiger partial charge on any atom is 0.228 e. The Balaban J connectivity index is 1.64. The number of hydrogen-bond donors (Lipinski definition) is 3. The lowest BCUT2D eigenvalue weighted by atomic mass is 9.99. The first-order valence-corrected chi connectivity index (χ1v) is 6.80. The first-order valence-electron chi connectivity index (χ1n) is 6.80. The van der Waals surface area contributed by atoms with Crippen molar-refractivity contribution in [2.24, 2.45) is 5.92 Å². The van der Waals surface area contributed by atoms with Crippen LogP contribution in [0.15, 0.2) is 30.6 Å². The van der Waals surface area contributed by atoms with Crippen molar-refractivity contribution in [2.45, 2.75) is 12.8 Å². The second kappa shape index (κ2) is 5.83. The molecule has 1 aliphatic rings. The molecular weight excluding hydrogens is 254 g/mol. The first kappa shape index (κ1) is 12.8. The summed E-state index contributed by atoms with van der Waals surface area (Å²) in [6.45, 7) is 1.78. The molecule has 0 saturated carbocycles. The van der Waals surface area contributed by atoms with Gasteiger partial charge in [0.15, 0.2) is 5.82 Å². The van der Waals surface area contributed by atoms with E-state index in [0.29, 0.717) is 0 Å². The highest BCUT2D eigenvalue weighted by Crippen LogP contribution is 2.18. The van der Waals surface area contributed by atoms with E-state index < -0.39 is 0 Å². The van der Waals surface area contributed by atoms with Crippen molar-refractivity contribution in [3.05, 3.63) is 30.6 Å². The summed E-state index contributed by atoms with van der Waals surface area (Å²) in [4.78, 5) is 16.2. The molecule has 104 valence electrons. The molecule has 6 heteroatoms. The summed E-state index contributed by atoms with van der Waals surface area (Å²) < 4.78 is 0. The Bertz CT molecular complexity index is 558. The molecule has 0 spiro atoms. The van der Waals surface area contributed by atoms with Gasteiger partial charge < -0.3 is 10.6 Å². The smallest absolute Gasteiger partial charge is 0.228 e. The molecule has 20 heavy (non-hydrogen) atoms. The van der Waals surface area contributed by atoms with E-state index in [2.05, 4.69) is 25.8 Å². The number of carbonyl (C=O) groups excluding carboxylic acids is 1. The number of aromatic nitrogens is 3. The molecule has 1 atom stereocenters. The molecular formula is C14H17N5O. The Labute approximate surface area is 117 Å². The average Bonchev–Trinajstić information content (AvgIpc) is 3.03. The normalized spacial score (nSPS) is 18.7. The quantitative estimate of drug-likeness (QED) is 0.788. The molecule has 1 aromatic carbocycles. The van der Waals surface area contributed by atoms with E-state index in [4.69, 9.17) is 0 Å². The molecule has 6 nitrogen and oxygen atoms in total. The number of nitrogens with zero attached hydrogens (tertiary/aromatic N) is 2. The zero-order valence-corrected chi connectivity index (χ0v) is 11.1. The highest BCUT2D eigenvalue weighted by atomic mass is 16.1. The van der Waals surface area contributed by atoms with Crippen LogP contribution in [0.1, 0.15) is 12.8 Å². The number of hydrogen-bond acceptors (Lipinski definition) is 4. The average molecular weight is 271 g/mol. The fourth-order valence-corrected chi connectivity index (χ4v) is 2.38. The summed E-state index contributed by atoms with van der Waals surface area (Å²) in [6, 6.07) is 7.59. The number of H-pyrrole nitrogens is 1. The topological polar surface area (TPSA) is 82.7 Å². The maximum absolute atomic E-state index is 12.1. The third-order valence-electron chi connectivity index (χ3n) is 3.51. The van der Waals surface area contributed by atoms with Crippen LogP contribution in [0.4, 0.5) is 5.69 Å². The SMILES string of the molecule is O=C(Nc1ccc(-c2ncn[nH]2)cc1)C1CCCNC1. The van der Waals surface area contributed by atoms with Gasteiger partial charge in [-0.2, -0.15) is 5.10 Å². The third kappa shape index (κ3) is 2.85. The van der Waals surface area contributed by atoms with Gasteiger partial charge in [0.25, 0.3) is 0 Å². The number of aromatic amines is 1. The summed E-state index contributed by atoms with van der Waals surface area (Å²) in [6.07, 6.45) is 3.48. The minimum Gasteiger partial charge on any atom is -0.326 e. The van der Waals surface area contributed by atoms with E-state index in [0.717, 1.165) is 43.0 Å². The minimum absolute atomic E-state index is 0.0673. The molecule has 0 radical (unpaired) electrons. The Morgan fingerprint density at radius 3 is 2.80 bits per heavy atom. The lowest BCUT2D eigenvalue weighted by Gasteiger charge is -2.21. The Morgan fingerprint density at radius 2 is 2.15 bits per heavy atom. The standard InChI is InChI=1S/C14H17N5O/c20-14(11-2-1-7-15-8-11)18-12-5-3-10(4-6-12)13-16-9-17-19-13/h3-6,9,11,15H,1-2,7-8H2,(H,18,20)(H,16,17,19). The summed E-state index contributed by atoms with van der Waals surface area (Å²) in [5.41, 5.74) is 1.75. The fraction of sp³-hybridized carbons (Fsp3) is 0.357. The second-order valence-electron chi connectivity index (χ2n) is 4.94. The van der Waals surface area contributed by atoms with Crippen molar-refractivity contribution in [3.63, 3.8) is 0 Å². The second-order valence-corrected chi connectivity index (χ2v) is 4.94. The van der Waals surface area contributed by atoms with Gasteiger partial charge in [-0.3, -0.25) is 9.89 Å². The van der Waals surface area contributed by atoms with Gasteiger partial charge in [-0.25, -0.2) is 4.98 Å². The van der Waals surface area contributed by atoms with Gasteiger partial charge in [0, 0.05) is 17.8 Å². The van der Waals surface area contributed by atoms with E-state index in [1.807, 2.05) is 24.3 Å². The summed E-state index contributed by atoms with van der Waals surface area (Å²) in [7, 11) is 0. The molecule has 2 heterocycles. The van der Waals surface area contributed by atoms with E-state index in [-0.39, 0.29) is 11.8 Å². The highest BCUT2D eigenvalue weighted by molar-refractivity contribution is 5.92. The highest BCUT2D eigenvalue weighted by Gasteiger charge is 2.20. The predicted octanol–water partition coefficient (Wildman–Crippen LogP) is 1.41. The van der Waals surface area contributed by atoms with Crippen LogP contribution in [0.5, 0.6) is 0 Å². The third-order valence-corrected chi connectivity index (χ3v) is 3.51. The van der Waals surface area contributed by atoms with E-state index in [9.17, 15) is 4.79 Å². The van der Waals surface area contributed by atoms with Crippen molar-refractivity contribution in [3.8, 4) is 11.4 Å². The van der Waals surface area contributed by atoms with Gasteiger partial charge in [-0.1, -0.05) is 0 Å². The minimum atomic E-state index is 0.0673. The van der Waals surface area contributed by atoms with Crippen LogP contribution in [0.25, 0.3) is 11.4 Å². The molecule has 1 aliphatic heterocycles. The number of amides is 1. The van der Waals surface area contributed by atoms with Crippen LogP contribution in [0.2, 0.25) is 0 Å². The number of carbonyl (C=O) groups is 1. The van der Waals surface area contributed by atoms with Crippen molar-refractivity contribution in [1.29, 1.82) is 0 Å². The van der Waals surface area contributed by atoms with Crippen LogP contribution >= 0.6 is 0 Å². The Morgan fingerprint density at radius 1 is 1.30 bits per heavy atom. The molecule has 3 N–H and O–H groups in total. The van der Waals surface area contributed by atoms with E-state index >= 15 is 0 Å². The van der Waals surface area contributed by atoms with Crippen molar-refractivity contribution >= 4 is 11.6 Å². The van der Waals surface area contributed by atoms with Crippen LogP contribution in [-0.4, -0.2) is 34.2 Å². The van der Waals surface area contributed by atoms with Crippen molar-refractivity contribution in [2.75, 3.05) is 18.4 Å². The maximum atomic E-state index is 12.1.